The summed E-state index contributed by atoms with van der Waals surface area (Å²) in [4.78, 5) is 28.3. The molecule has 27 heavy (non-hydrogen) atoms. The number of benzene rings is 1. The van der Waals surface area contributed by atoms with Crippen LogP contribution in [0.4, 0.5) is 5.69 Å². The zero-order valence-electron chi connectivity index (χ0n) is 16.9. The van der Waals surface area contributed by atoms with E-state index in [-0.39, 0.29) is 17.7 Å². The molecule has 2 aliphatic heterocycles. The summed E-state index contributed by atoms with van der Waals surface area (Å²) in [6, 6.07) is 8.97. The van der Waals surface area contributed by atoms with Gasteiger partial charge in [0, 0.05) is 50.7 Å². The maximum absolute atomic E-state index is 12.9. The van der Waals surface area contributed by atoms with E-state index in [2.05, 4.69) is 43.4 Å². The van der Waals surface area contributed by atoms with Crippen LogP contribution in [0.2, 0.25) is 0 Å². The Morgan fingerprint density at radius 2 is 1.67 bits per heavy atom. The summed E-state index contributed by atoms with van der Waals surface area (Å²) >= 11 is 0. The van der Waals surface area contributed by atoms with Crippen molar-refractivity contribution in [2.45, 2.75) is 58.4 Å². The molecule has 2 heterocycles. The predicted octanol–water partition coefficient (Wildman–Crippen LogP) is 3.47. The van der Waals surface area contributed by atoms with Crippen molar-refractivity contribution in [1.82, 2.24) is 9.80 Å². The first-order chi connectivity index (χ1) is 12.9. The molecule has 5 heteroatoms. The highest BCUT2D eigenvalue weighted by Gasteiger charge is 2.31. The van der Waals surface area contributed by atoms with E-state index in [9.17, 15) is 9.59 Å². The van der Waals surface area contributed by atoms with E-state index in [1.165, 1.54) is 5.56 Å². The van der Waals surface area contributed by atoms with Crippen LogP contribution in [0.3, 0.4) is 0 Å². The lowest BCUT2D eigenvalue weighted by molar-refractivity contribution is -0.140. The van der Waals surface area contributed by atoms with E-state index in [4.69, 9.17) is 0 Å². The second-order valence-corrected chi connectivity index (χ2v) is 8.32. The Bertz CT molecular complexity index is 648. The number of amides is 2. The Hall–Kier alpha value is -2.04. The molecule has 2 aliphatic rings. The molecule has 2 amide bonds. The minimum atomic E-state index is 0.0738. The van der Waals surface area contributed by atoms with Crippen LogP contribution in [0.15, 0.2) is 24.3 Å². The van der Waals surface area contributed by atoms with Gasteiger partial charge in [0.05, 0.1) is 0 Å². The molecular formula is C22H33N3O2. The monoisotopic (exact) mass is 371 g/mol. The summed E-state index contributed by atoms with van der Waals surface area (Å²) in [6.45, 7) is 9.07. The summed E-state index contributed by atoms with van der Waals surface area (Å²) < 4.78 is 0. The summed E-state index contributed by atoms with van der Waals surface area (Å²) in [7, 11) is 0. The molecule has 3 rings (SSSR count). The van der Waals surface area contributed by atoms with Gasteiger partial charge in [-0.2, -0.15) is 0 Å². The number of likely N-dealkylation sites (tertiary alicyclic amines) is 2. The van der Waals surface area contributed by atoms with Gasteiger partial charge in [-0.25, -0.2) is 0 Å². The van der Waals surface area contributed by atoms with Crippen molar-refractivity contribution < 1.29 is 9.59 Å². The molecule has 2 saturated heterocycles. The first-order valence-electron chi connectivity index (χ1n) is 10.3. The van der Waals surface area contributed by atoms with Crippen molar-refractivity contribution in [3.63, 3.8) is 0 Å². The lowest BCUT2D eigenvalue weighted by Gasteiger charge is -2.38. The second kappa shape index (κ2) is 8.77. The van der Waals surface area contributed by atoms with Gasteiger partial charge in [0.25, 0.3) is 0 Å². The molecule has 0 radical (unpaired) electrons. The highest BCUT2D eigenvalue weighted by molar-refractivity contribution is 5.80. The number of carbonyl (C=O) groups is 2. The van der Waals surface area contributed by atoms with E-state index in [1.54, 1.807) is 6.92 Å². The van der Waals surface area contributed by atoms with Crippen LogP contribution in [0, 0.1) is 5.92 Å². The summed E-state index contributed by atoms with van der Waals surface area (Å²) in [6.07, 6.45) is 3.73. The number of hydrogen-bond acceptors (Lipinski definition) is 3. The normalized spacial score (nSPS) is 21.4. The molecule has 1 unspecified atom stereocenters. The maximum Gasteiger partial charge on any atom is 0.225 e. The minimum absolute atomic E-state index is 0.0738. The number of nitrogens with zero attached hydrogens (tertiary/aromatic N) is 2. The average Bonchev–Trinajstić information content (AvgIpc) is 2.68. The lowest BCUT2D eigenvalue weighted by Crippen LogP contribution is -2.49. The Labute approximate surface area is 163 Å². The molecular weight excluding hydrogens is 338 g/mol. The second-order valence-electron chi connectivity index (χ2n) is 8.32. The molecule has 0 saturated carbocycles. The zero-order chi connectivity index (χ0) is 19.4. The van der Waals surface area contributed by atoms with E-state index in [0.717, 1.165) is 44.5 Å². The Balaban J connectivity index is 1.53. The van der Waals surface area contributed by atoms with Gasteiger partial charge in [0.2, 0.25) is 11.8 Å². The molecule has 2 fully saturated rings. The van der Waals surface area contributed by atoms with E-state index < -0.39 is 0 Å². The van der Waals surface area contributed by atoms with Gasteiger partial charge in [0.15, 0.2) is 0 Å². The van der Waals surface area contributed by atoms with E-state index >= 15 is 0 Å². The number of carbonyl (C=O) groups excluding carboxylic acids is 2. The fraction of sp³-hybridized carbons (Fsp3) is 0.636. The van der Waals surface area contributed by atoms with Crippen LogP contribution in [0.5, 0.6) is 0 Å². The molecule has 0 aromatic heterocycles. The topological polar surface area (TPSA) is 52.7 Å². The van der Waals surface area contributed by atoms with Gasteiger partial charge in [0.1, 0.15) is 0 Å². The minimum Gasteiger partial charge on any atom is -0.381 e. The van der Waals surface area contributed by atoms with Crippen molar-refractivity contribution in [2.75, 3.05) is 31.5 Å². The van der Waals surface area contributed by atoms with Crippen LogP contribution in [-0.2, 0) is 9.59 Å². The van der Waals surface area contributed by atoms with Crippen LogP contribution in [0.1, 0.15) is 57.9 Å². The molecule has 1 N–H and O–H groups in total. The highest BCUT2D eigenvalue weighted by Crippen LogP contribution is 2.24. The third kappa shape index (κ3) is 5.02. The summed E-state index contributed by atoms with van der Waals surface area (Å²) in [5.74, 6) is 1.01. The number of piperidine rings is 2. The number of anilines is 1. The predicted molar refractivity (Wildman–Crippen MR) is 109 cm³/mol. The quantitative estimate of drug-likeness (QED) is 0.882. The number of rotatable bonds is 4. The Morgan fingerprint density at radius 3 is 2.26 bits per heavy atom. The van der Waals surface area contributed by atoms with E-state index in [1.807, 2.05) is 9.80 Å². The summed E-state index contributed by atoms with van der Waals surface area (Å²) in [5.41, 5.74) is 2.48. The first-order valence-corrected chi connectivity index (χ1v) is 10.3. The van der Waals surface area contributed by atoms with Gasteiger partial charge < -0.3 is 15.1 Å². The fourth-order valence-electron chi connectivity index (χ4n) is 4.19. The zero-order valence-corrected chi connectivity index (χ0v) is 16.9. The van der Waals surface area contributed by atoms with E-state index in [0.29, 0.717) is 25.0 Å². The van der Waals surface area contributed by atoms with Gasteiger partial charge in [-0.15, -0.1) is 0 Å². The first kappa shape index (κ1) is 19.7. The third-order valence-electron chi connectivity index (χ3n) is 5.97. The Kier molecular flexibility index (Phi) is 6.40. The van der Waals surface area contributed by atoms with Gasteiger partial charge in [-0.05, 0) is 49.3 Å². The largest absolute Gasteiger partial charge is 0.381 e. The van der Waals surface area contributed by atoms with Crippen LogP contribution >= 0.6 is 0 Å². The molecule has 0 spiro atoms. The molecule has 5 nitrogen and oxygen atoms in total. The third-order valence-corrected chi connectivity index (χ3v) is 5.97. The van der Waals surface area contributed by atoms with Crippen molar-refractivity contribution in [3.05, 3.63) is 29.8 Å². The van der Waals surface area contributed by atoms with Gasteiger partial charge in [-0.3, -0.25) is 9.59 Å². The average molecular weight is 372 g/mol. The standard InChI is InChI=1S/C22H33N3O2/c1-16(2)18-6-8-20(9-7-18)23-21-5-4-12-25(15-21)22(27)19-10-13-24(14-11-19)17(3)26/h6-9,16,19,21,23H,4-5,10-15H2,1-3H3. The fourth-order valence-corrected chi connectivity index (χ4v) is 4.19. The Morgan fingerprint density at radius 1 is 1.00 bits per heavy atom. The smallest absolute Gasteiger partial charge is 0.225 e. The lowest BCUT2D eigenvalue weighted by atomic mass is 9.93. The summed E-state index contributed by atoms with van der Waals surface area (Å²) in [5, 5.41) is 3.61. The highest BCUT2D eigenvalue weighted by atomic mass is 16.2. The molecule has 1 aromatic rings. The van der Waals surface area contributed by atoms with Gasteiger partial charge in [-0.1, -0.05) is 26.0 Å². The van der Waals surface area contributed by atoms with Crippen molar-refractivity contribution in [2.24, 2.45) is 5.92 Å². The van der Waals surface area contributed by atoms with Gasteiger partial charge >= 0.3 is 0 Å². The van der Waals surface area contributed by atoms with Crippen LogP contribution in [-0.4, -0.2) is 53.8 Å². The van der Waals surface area contributed by atoms with Crippen molar-refractivity contribution in [3.8, 4) is 0 Å². The molecule has 1 atom stereocenters. The molecule has 0 bridgehead atoms. The van der Waals surface area contributed by atoms with Crippen LogP contribution in [0.25, 0.3) is 0 Å². The van der Waals surface area contributed by atoms with Crippen molar-refractivity contribution in [1.29, 1.82) is 0 Å². The number of hydrogen-bond donors (Lipinski definition) is 1. The molecule has 1 aromatic carbocycles. The maximum atomic E-state index is 12.9. The van der Waals surface area contributed by atoms with Crippen LogP contribution < -0.4 is 5.32 Å². The molecule has 0 aliphatic carbocycles. The number of nitrogens with one attached hydrogen (secondary N) is 1. The SMILES string of the molecule is CC(=O)N1CCC(C(=O)N2CCCC(Nc3ccc(C(C)C)cc3)C2)CC1. The molecule has 148 valence electrons. The van der Waals surface area contributed by atoms with Crippen molar-refractivity contribution >= 4 is 17.5 Å².